The average Bonchev–Trinajstić information content (AvgIpc) is 3.28. The van der Waals surface area contributed by atoms with Crippen LogP contribution in [0.25, 0.3) is 10.8 Å². The molecule has 0 amide bonds. The zero-order valence-corrected chi connectivity index (χ0v) is 12.3. The van der Waals surface area contributed by atoms with E-state index in [-0.39, 0.29) is 0 Å². The third kappa shape index (κ3) is 2.50. The van der Waals surface area contributed by atoms with Gasteiger partial charge < -0.3 is 10.6 Å². The van der Waals surface area contributed by atoms with Crippen LogP contribution in [0, 0.1) is 5.92 Å². The fourth-order valence-electron chi connectivity index (χ4n) is 2.82. The Kier molecular flexibility index (Phi) is 3.62. The number of fused-ring (bicyclic) bond motifs is 1. The fraction of sp³-hybridized carbons (Fsp3) is 0.471. The summed E-state index contributed by atoms with van der Waals surface area (Å²) in [6.45, 7) is 6.16. The van der Waals surface area contributed by atoms with Crippen LogP contribution in [0.4, 0.5) is 5.82 Å². The largest absolute Gasteiger partial charge is 0.353 e. The Labute approximate surface area is 120 Å². The number of rotatable bonds is 5. The highest BCUT2D eigenvalue weighted by Gasteiger charge is 2.31. The lowest BCUT2D eigenvalue weighted by atomic mass is 10.1. The Morgan fingerprint density at radius 2 is 1.95 bits per heavy atom. The lowest BCUT2D eigenvalue weighted by Crippen LogP contribution is -2.30. The quantitative estimate of drug-likeness (QED) is 0.905. The molecule has 106 valence electrons. The summed E-state index contributed by atoms with van der Waals surface area (Å²) in [5.41, 5.74) is 6.97. The Morgan fingerprint density at radius 1 is 1.25 bits per heavy atom. The minimum absolute atomic E-state index is 0.543. The van der Waals surface area contributed by atoms with Crippen molar-refractivity contribution in [3.63, 3.8) is 0 Å². The van der Waals surface area contributed by atoms with E-state index in [9.17, 15) is 0 Å². The minimum atomic E-state index is 0.543. The first-order chi connectivity index (χ1) is 9.70. The highest BCUT2D eigenvalue weighted by molar-refractivity contribution is 5.94. The van der Waals surface area contributed by atoms with Crippen LogP contribution in [-0.4, -0.2) is 17.6 Å². The molecule has 0 aliphatic heterocycles. The molecule has 1 fully saturated rings. The zero-order valence-electron chi connectivity index (χ0n) is 12.3. The molecule has 0 saturated heterocycles. The molecule has 1 heterocycles. The van der Waals surface area contributed by atoms with E-state index in [1.54, 1.807) is 0 Å². The number of hydrogen-bond donors (Lipinski definition) is 1. The van der Waals surface area contributed by atoms with E-state index in [1.165, 1.54) is 23.6 Å². The SMILES string of the molecule is CC(C)CN(c1ncc(CN)c2ccccc12)C1CC1. The van der Waals surface area contributed by atoms with Gasteiger partial charge in [0.15, 0.2) is 0 Å². The van der Waals surface area contributed by atoms with Crippen LogP contribution < -0.4 is 10.6 Å². The number of hydrogen-bond acceptors (Lipinski definition) is 3. The first-order valence-electron chi connectivity index (χ1n) is 7.54. The van der Waals surface area contributed by atoms with Crippen molar-refractivity contribution < 1.29 is 0 Å². The van der Waals surface area contributed by atoms with Gasteiger partial charge in [0.05, 0.1) is 0 Å². The smallest absolute Gasteiger partial charge is 0.136 e. The topological polar surface area (TPSA) is 42.2 Å². The molecule has 2 aromatic rings. The van der Waals surface area contributed by atoms with Crippen molar-refractivity contribution in [1.82, 2.24) is 4.98 Å². The molecular formula is C17H23N3. The number of pyridine rings is 1. The summed E-state index contributed by atoms with van der Waals surface area (Å²) in [4.78, 5) is 7.23. The second-order valence-corrected chi connectivity index (χ2v) is 6.13. The van der Waals surface area contributed by atoms with Crippen LogP contribution in [0.15, 0.2) is 30.5 Å². The van der Waals surface area contributed by atoms with Crippen LogP contribution >= 0.6 is 0 Å². The van der Waals surface area contributed by atoms with Crippen LogP contribution in [0.3, 0.4) is 0 Å². The van der Waals surface area contributed by atoms with Crippen molar-refractivity contribution in [3.8, 4) is 0 Å². The molecule has 1 aromatic carbocycles. The zero-order chi connectivity index (χ0) is 14.1. The predicted octanol–water partition coefficient (Wildman–Crippen LogP) is 3.32. The van der Waals surface area contributed by atoms with Gasteiger partial charge in [-0.1, -0.05) is 38.1 Å². The molecule has 0 atom stereocenters. The Morgan fingerprint density at radius 3 is 2.55 bits per heavy atom. The second-order valence-electron chi connectivity index (χ2n) is 6.13. The third-order valence-electron chi connectivity index (χ3n) is 3.90. The Balaban J connectivity index is 2.10. The van der Waals surface area contributed by atoms with Crippen molar-refractivity contribution in [3.05, 3.63) is 36.0 Å². The summed E-state index contributed by atoms with van der Waals surface area (Å²) >= 11 is 0. The summed E-state index contributed by atoms with van der Waals surface area (Å²) in [6, 6.07) is 9.18. The second kappa shape index (κ2) is 5.41. The first-order valence-corrected chi connectivity index (χ1v) is 7.54. The lowest BCUT2D eigenvalue weighted by Gasteiger charge is -2.27. The normalized spacial score (nSPS) is 15.0. The van der Waals surface area contributed by atoms with Gasteiger partial charge >= 0.3 is 0 Å². The molecule has 0 unspecified atom stereocenters. The van der Waals surface area contributed by atoms with Gasteiger partial charge in [-0.15, -0.1) is 0 Å². The monoisotopic (exact) mass is 269 g/mol. The fourth-order valence-corrected chi connectivity index (χ4v) is 2.82. The van der Waals surface area contributed by atoms with E-state index < -0.39 is 0 Å². The lowest BCUT2D eigenvalue weighted by molar-refractivity contribution is 0.604. The van der Waals surface area contributed by atoms with Crippen molar-refractivity contribution in [1.29, 1.82) is 0 Å². The molecule has 3 heteroatoms. The van der Waals surface area contributed by atoms with Crippen LogP contribution in [-0.2, 0) is 6.54 Å². The van der Waals surface area contributed by atoms with Gasteiger partial charge in [-0.2, -0.15) is 0 Å². The summed E-state index contributed by atoms with van der Waals surface area (Å²) in [5, 5.41) is 2.48. The number of nitrogens with zero attached hydrogens (tertiary/aromatic N) is 2. The summed E-state index contributed by atoms with van der Waals surface area (Å²) in [5.74, 6) is 1.78. The molecule has 1 aromatic heterocycles. The predicted molar refractivity (Wildman–Crippen MR) is 84.8 cm³/mol. The van der Waals surface area contributed by atoms with Crippen molar-refractivity contribution in [2.24, 2.45) is 11.7 Å². The first kappa shape index (κ1) is 13.4. The molecule has 3 nitrogen and oxygen atoms in total. The molecular weight excluding hydrogens is 246 g/mol. The van der Waals surface area contributed by atoms with Crippen LogP contribution in [0.2, 0.25) is 0 Å². The molecule has 1 aliphatic carbocycles. The Hall–Kier alpha value is -1.61. The average molecular weight is 269 g/mol. The number of nitrogens with two attached hydrogens (primary N) is 1. The standard InChI is InChI=1S/C17H23N3/c1-12(2)11-20(14-7-8-14)17-16-6-4-3-5-15(16)13(9-18)10-19-17/h3-6,10,12,14H,7-9,11,18H2,1-2H3. The maximum Gasteiger partial charge on any atom is 0.136 e. The van der Waals surface area contributed by atoms with Crippen LogP contribution in [0.1, 0.15) is 32.3 Å². The van der Waals surface area contributed by atoms with Gasteiger partial charge in [-0.25, -0.2) is 4.98 Å². The summed E-state index contributed by atoms with van der Waals surface area (Å²) in [7, 11) is 0. The molecule has 0 radical (unpaired) electrons. The van der Waals surface area contributed by atoms with E-state index in [1.807, 2.05) is 6.20 Å². The van der Waals surface area contributed by atoms with E-state index in [0.717, 1.165) is 17.9 Å². The highest BCUT2D eigenvalue weighted by atomic mass is 15.2. The van der Waals surface area contributed by atoms with Gasteiger partial charge in [-0.05, 0) is 29.7 Å². The van der Waals surface area contributed by atoms with Gasteiger partial charge in [-0.3, -0.25) is 0 Å². The van der Waals surface area contributed by atoms with E-state index >= 15 is 0 Å². The number of aromatic nitrogens is 1. The van der Waals surface area contributed by atoms with Gasteiger partial charge in [0, 0.05) is 30.7 Å². The Bertz CT molecular complexity index is 602. The van der Waals surface area contributed by atoms with Gasteiger partial charge in [0.1, 0.15) is 5.82 Å². The third-order valence-corrected chi connectivity index (χ3v) is 3.90. The van der Waals surface area contributed by atoms with Crippen molar-refractivity contribution in [2.45, 2.75) is 39.3 Å². The van der Waals surface area contributed by atoms with Gasteiger partial charge in [0.25, 0.3) is 0 Å². The maximum atomic E-state index is 5.84. The molecule has 20 heavy (non-hydrogen) atoms. The van der Waals surface area contributed by atoms with Crippen molar-refractivity contribution >= 4 is 16.6 Å². The molecule has 0 spiro atoms. The molecule has 3 rings (SSSR count). The summed E-state index contributed by atoms with van der Waals surface area (Å²) in [6.07, 6.45) is 4.54. The highest BCUT2D eigenvalue weighted by Crippen LogP contribution is 2.35. The van der Waals surface area contributed by atoms with E-state index in [4.69, 9.17) is 10.7 Å². The molecule has 2 N–H and O–H groups in total. The minimum Gasteiger partial charge on any atom is -0.353 e. The summed E-state index contributed by atoms with van der Waals surface area (Å²) < 4.78 is 0. The molecule has 0 bridgehead atoms. The van der Waals surface area contributed by atoms with Gasteiger partial charge in [0.2, 0.25) is 0 Å². The number of anilines is 1. The molecule has 1 aliphatic rings. The number of benzene rings is 1. The van der Waals surface area contributed by atoms with E-state index in [2.05, 4.69) is 43.0 Å². The maximum absolute atomic E-state index is 5.84. The molecule has 1 saturated carbocycles. The van der Waals surface area contributed by atoms with E-state index in [0.29, 0.717) is 18.5 Å². The van der Waals surface area contributed by atoms with Crippen LogP contribution in [0.5, 0.6) is 0 Å². The van der Waals surface area contributed by atoms with Crippen molar-refractivity contribution in [2.75, 3.05) is 11.4 Å².